The third-order valence-electron chi connectivity index (χ3n) is 3.30. The van der Waals surface area contributed by atoms with Crippen molar-refractivity contribution in [2.24, 2.45) is 0 Å². The van der Waals surface area contributed by atoms with Crippen molar-refractivity contribution in [3.8, 4) is 0 Å². The molecule has 0 aliphatic rings. The molecule has 1 aromatic carbocycles. The average Bonchev–Trinajstić information content (AvgIpc) is 2.92. The second-order valence-corrected chi connectivity index (χ2v) is 6.97. The van der Waals surface area contributed by atoms with Crippen molar-refractivity contribution >= 4 is 27.5 Å². The molecule has 8 heteroatoms. The molecule has 0 unspecified atom stereocenters. The largest absolute Gasteiger partial charge is 0.272 e. The van der Waals surface area contributed by atoms with Gasteiger partial charge in [0.1, 0.15) is 4.90 Å². The van der Waals surface area contributed by atoms with Crippen LogP contribution in [0.2, 0.25) is 5.02 Å². The summed E-state index contributed by atoms with van der Waals surface area (Å²) in [4.78, 5) is 12.1. The Bertz CT molecular complexity index is 828. The summed E-state index contributed by atoms with van der Waals surface area (Å²) in [5.41, 5.74) is 1.90. The van der Waals surface area contributed by atoms with Crippen LogP contribution in [-0.4, -0.2) is 24.1 Å². The molecular weight excluding hydrogens is 326 g/mol. The molecule has 0 spiro atoms. The second kappa shape index (κ2) is 6.10. The third kappa shape index (κ3) is 3.31. The van der Waals surface area contributed by atoms with Crippen molar-refractivity contribution in [3.63, 3.8) is 0 Å². The molecule has 2 rings (SSSR count). The highest BCUT2D eigenvalue weighted by molar-refractivity contribution is 7.90. The van der Waals surface area contributed by atoms with Gasteiger partial charge in [-0.1, -0.05) is 11.6 Å². The van der Waals surface area contributed by atoms with Crippen LogP contribution in [0.5, 0.6) is 0 Å². The number of amides is 1. The molecule has 0 saturated carbocycles. The second-order valence-electron chi connectivity index (χ2n) is 4.88. The van der Waals surface area contributed by atoms with Gasteiger partial charge in [-0.05, 0) is 44.0 Å². The number of nitrogens with zero attached hydrogens (tertiary/aromatic N) is 2. The quantitative estimate of drug-likeness (QED) is 0.925. The number of aromatic nitrogens is 2. The van der Waals surface area contributed by atoms with E-state index in [1.54, 1.807) is 12.1 Å². The van der Waals surface area contributed by atoms with E-state index in [9.17, 15) is 13.2 Å². The maximum absolute atomic E-state index is 12.2. The minimum atomic E-state index is -3.98. The highest BCUT2D eigenvalue weighted by Crippen LogP contribution is 2.21. The zero-order chi connectivity index (χ0) is 16.5. The van der Waals surface area contributed by atoms with Crippen molar-refractivity contribution in [1.29, 1.82) is 0 Å². The first-order chi connectivity index (χ1) is 10.2. The topological polar surface area (TPSA) is 81.1 Å². The summed E-state index contributed by atoms with van der Waals surface area (Å²) in [6.45, 7) is 6.05. The molecule has 0 fully saturated rings. The predicted molar refractivity (Wildman–Crippen MR) is 83.5 cm³/mol. The van der Waals surface area contributed by atoms with Crippen molar-refractivity contribution in [2.45, 2.75) is 32.2 Å². The molecule has 6 nitrogen and oxygen atoms in total. The maximum atomic E-state index is 12.2. The van der Waals surface area contributed by atoms with Gasteiger partial charge in [0.2, 0.25) is 0 Å². The molecule has 1 aromatic heterocycles. The highest BCUT2D eigenvalue weighted by atomic mass is 35.5. The Morgan fingerprint density at radius 3 is 2.55 bits per heavy atom. The fraction of sp³-hybridized carbons (Fsp3) is 0.286. The van der Waals surface area contributed by atoms with Crippen LogP contribution in [0.3, 0.4) is 0 Å². The number of rotatable bonds is 4. The number of carbonyl (C=O) groups excluding carboxylic acids is 1. The van der Waals surface area contributed by atoms with Crippen molar-refractivity contribution < 1.29 is 13.2 Å². The summed E-state index contributed by atoms with van der Waals surface area (Å²) in [6, 6.07) is 3.20. The van der Waals surface area contributed by atoms with E-state index in [2.05, 4.69) is 5.10 Å². The lowest BCUT2D eigenvalue weighted by molar-refractivity contribution is 0.0981. The molecule has 0 aliphatic carbocycles. The standard InChI is InChI=1S/C14H16ClN3O3S/c1-4-18-8-11(7-16-18)22(20,21)17-14(19)12-5-9(2)10(3)6-13(12)15/h5-8H,4H2,1-3H3,(H,17,19). The van der Waals surface area contributed by atoms with Crippen LogP contribution in [0.4, 0.5) is 0 Å². The Morgan fingerprint density at radius 1 is 1.32 bits per heavy atom. The van der Waals surface area contributed by atoms with Crippen molar-refractivity contribution in [3.05, 3.63) is 46.2 Å². The van der Waals surface area contributed by atoms with Gasteiger partial charge in [0.15, 0.2) is 0 Å². The Hall–Kier alpha value is -1.86. The number of sulfonamides is 1. The fourth-order valence-corrected chi connectivity index (χ4v) is 3.07. The van der Waals surface area contributed by atoms with Gasteiger partial charge in [-0.25, -0.2) is 13.1 Å². The molecule has 1 heterocycles. The zero-order valence-electron chi connectivity index (χ0n) is 12.4. The van der Waals surface area contributed by atoms with E-state index in [0.717, 1.165) is 11.1 Å². The molecule has 2 aromatic rings. The van der Waals surface area contributed by atoms with Gasteiger partial charge in [0, 0.05) is 12.7 Å². The molecule has 0 atom stereocenters. The number of halogens is 1. The Kier molecular flexibility index (Phi) is 4.58. The first-order valence-corrected chi connectivity index (χ1v) is 8.47. The normalized spacial score (nSPS) is 11.5. The van der Waals surface area contributed by atoms with Crippen LogP contribution in [-0.2, 0) is 16.6 Å². The van der Waals surface area contributed by atoms with E-state index < -0.39 is 15.9 Å². The van der Waals surface area contributed by atoms with Crippen molar-refractivity contribution in [1.82, 2.24) is 14.5 Å². The molecule has 0 saturated heterocycles. The molecule has 0 bridgehead atoms. The Labute approximate surface area is 134 Å². The summed E-state index contributed by atoms with van der Waals surface area (Å²) in [5, 5.41) is 4.09. The van der Waals surface area contributed by atoms with Crippen LogP contribution in [0.1, 0.15) is 28.4 Å². The molecular formula is C14H16ClN3O3S. The minimum Gasteiger partial charge on any atom is -0.272 e. The minimum absolute atomic E-state index is 0.0670. The van der Waals surface area contributed by atoms with Gasteiger partial charge in [0.25, 0.3) is 15.9 Å². The summed E-state index contributed by atoms with van der Waals surface area (Å²) in [7, 11) is -3.98. The summed E-state index contributed by atoms with van der Waals surface area (Å²) < 4.78 is 27.8. The van der Waals surface area contributed by atoms with Crippen LogP contribution in [0.25, 0.3) is 0 Å². The summed E-state index contributed by atoms with van der Waals surface area (Å²) in [5.74, 6) is -0.766. The number of aryl methyl sites for hydroxylation is 3. The van der Waals surface area contributed by atoms with Gasteiger partial charge < -0.3 is 0 Å². The molecule has 1 N–H and O–H groups in total. The van der Waals surface area contributed by atoms with Crippen molar-refractivity contribution in [2.75, 3.05) is 0 Å². The summed E-state index contributed by atoms with van der Waals surface area (Å²) in [6.07, 6.45) is 2.55. The van der Waals surface area contributed by atoms with Crippen LogP contribution in [0, 0.1) is 13.8 Å². The lowest BCUT2D eigenvalue weighted by Crippen LogP contribution is -2.30. The summed E-state index contributed by atoms with van der Waals surface area (Å²) >= 11 is 6.03. The number of hydrogen-bond acceptors (Lipinski definition) is 4. The molecule has 0 aliphatic heterocycles. The Morgan fingerprint density at radius 2 is 1.95 bits per heavy atom. The number of hydrogen-bond donors (Lipinski definition) is 1. The fourth-order valence-electron chi connectivity index (χ4n) is 1.85. The first-order valence-electron chi connectivity index (χ1n) is 6.61. The van der Waals surface area contributed by atoms with Gasteiger partial charge in [0.05, 0.1) is 16.8 Å². The third-order valence-corrected chi connectivity index (χ3v) is 4.90. The Balaban J connectivity index is 2.30. The van der Waals surface area contributed by atoms with Gasteiger partial charge >= 0.3 is 0 Å². The lowest BCUT2D eigenvalue weighted by atomic mass is 10.1. The lowest BCUT2D eigenvalue weighted by Gasteiger charge is -2.09. The van der Waals surface area contributed by atoms with E-state index in [0.29, 0.717) is 6.54 Å². The van der Waals surface area contributed by atoms with E-state index in [1.807, 2.05) is 25.5 Å². The number of nitrogens with one attached hydrogen (secondary N) is 1. The van der Waals surface area contributed by atoms with Gasteiger partial charge in [-0.15, -0.1) is 0 Å². The molecule has 0 radical (unpaired) electrons. The molecule has 1 amide bonds. The SMILES string of the molecule is CCn1cc(S(=O)(=O)NC(=O)c2cc(C)c(C)cc2Cl)cn1. The van der Waals surface area contributed by atoms with Crippen LogP contribution >= 0.6 is 11.6 Å². The smallest absolute Gasteiger partial charge is 0.267 e. The monoisotopic (exact) mass is 341 g/mol. The van der Waals surface area contributed by atoms with Crippen LogP contribution in [0.15, 0.2) is 29.4 Å². The van der Waals surface area contributed by atoms with E-state index in [1.165, 1.54) is 17.1 Å². The number of carbonyl (C=O) groups is 1. The van der Waals surface area contributed by atoms with Crippen LogP contribution < -0.4 is 4.72 Å². The average molecular weight is 342 g/mol. The first kappa shape index (κ1) is 16.5. The van der Waals surface area contributed by atoms with E-state index >= 15 is 0 Å². The molecule has 22 heavy (non-hydrogen) atoms. The highest BCUT2D eigenvalue weighted by Gasteiger charge is 2.22. The number of benzene rings is 1. The molecule has 118 valence electrons. The zero-order valence-corrected chi connectivity index (χ0v) is 14.0. The van der Waals surface area contributed by atoms with E-state index in [4.69, 9.17) is 11.6 Å². The predicted octanol–water partition coefficient (Wildman–Crippen LogP) is 2.29. The maximum Gasteiger partial charge on any atom is 0.267 e. The van der Waals surface area contributed by atoms with Gasteiger partial charge in [-0.3, -0.25) is 9.48 Å². The van der Waals surface area contributed by atoms with Gasteiger partial charge in [-0.2, -0.15) is 5.10 Å². The van der Waals surface area contributed by atoms with E-state index in [-0.39, 0.29) is 15.5 Å².